The predicted octanol–water partition coefficient (Wildman–Crippen LogP) is -0.553. The van der Waals surface area contributed by atoms with Gasteiger partial charge in [-0.25, -0.2) is 4.68 Å². The van der Waals surface area contributed by atoms with Crippen molar-refractivity contribution >= 4 is 23.5 Å². The van der Waals surface area contributed by atoms with E-state index in [4.69, 9.17) is 4.74 Å². The van der Waals surface area contributed by atoms with E-state index in [1.165, 1.54) is 7.11 Å². The van der Waals surface area contributed by atoms with Gasteiger partial charge in [-0.15, -0.1) is 5.10 Å². The highest BCUT2D eigenvalue weighted by Crippen LogP contribution is 2.21. The van der Waals surface area contributed by atoms with Crippen LogP contribution in [0.1, 0.15) is 0 Å². The first-order chi connectivity index (χ1) is 9.60. The van der Waals surface area contributed by atoms with E-state index in [0.717, 1.165) is 0 Å². The molecule has 3 rings (SSSR count). The van der Waals surface area contributed by atoms with Crippen molar-refractivity contribution in [2.45, 2.75) is 0 Å². The Morgan fingerprint density at radius 1 is 1.20 bits per heavy atom. The Kier molecular flexibility index (Phi) is 2.96. The van der Waals surface area contributed by atoms with Crippen LogP contribution in [0.25, 0.3) is 16.6 Å². The zero-order chi connectivity index (χ0) is 14.3. The molecule has 20 heavy (non-hydrogen) atoms. The maximum absolute atomic E-state index is 9.38. The summed E-state index contributed by atoms with van der Waals surface area (Å²) in [6.07, 6.45) is 3.50. The van der Waals surface area contributed by atoms with Crippen LogP contribution < -0.4 is 10.2 Å². The van der Waals surface area contributed by atoms with Crippen LogP contribution >= 0.6 is 0 Å². The van der Waals surface area contributed by atoms with Gasteiger partial charge in [0.15, 0.2) is 0 Å². The summed E-state index contributed by atoms with van der Waals surface area (Å²) in [7, 11) is 1.79. The second kappa shape index (κ2) is 4.66. The maximum Gasteiger partial charge on any atom is 0.489 e. The molecule has 0 fully saturated rings. The number of rotatable bonds is 3. The zero-order valence-electron chi connectivity index (χ0n) is 11.1. The highest BCUT2D eigenvalue weighted by Gasteiger charge is 2.18. The van der Waals surface area contributed by atoms with E-state index < -0.39 is 7.12 Å². The van der Waals surface area contributed by atoms with Gasteiger partial charge < -0.3 is 14.8 Å². The van der Waals surface area contributed by atoms with Gasteiger partial charge in [-0.2, -0.15) is 5.10 Å². The normalized spacial score (nSPS) is 11.0. The topological polar surface area (TPSA) is 85.3 Å². The minimum absolute atomic E-state index is 0.414. The Bertz CT molecular complexity index is 765. The molecule has 3 aromatic rings. The van der Waals surface area contributed by atoms with Gasteiger partial charge in [0.1, 0.15) is 5.69 Å². The lowest BCUT2D eigenvalue weighted by Gasteiger charge is -1.99. The van der Waals surface area contributed by atoms with Crippen LogP contribution in [0, 0.1) is 0 Å². The largest absolute Gasteiger partial charge is 0.489 e. The van der Waals surface area contributed by atoms with Gasteiger partial charge >= 0.3 is 7.12 Å². The second-order valence-corrected chi connectivity index (χ2v) is 4.42. The molecule has 7 nitrogen and oxygen atoms in total. The van der Waals surface area contributed by atoms with Crippen molar-refractivity contribution in [2.75, 3.05) is 7.11 Å². The highest BCUT2D eigenvalue weighted by atomic mass is 16.5. The average molecular weight is 272 g/mol. The van der Waals surface area contributed by atoms with Crippen molar-refractivity contribution in [1.29, 1.82) is 0 Å². The van der Waals surface area contributed by atoms with Gasteiger partial charge in [-0.3, -0.25) is 4.68 Å². The summed E-state index contributed by atoms with van der Waals surface area (Å²) in [6.45, 7) is 0. The van der Waals surface area contributed by atoms with Crippen molar-refractivity contribution < 1.29 is 14.8 Å². The molecule has 0 bridgehead atoms. The smallest absolute Gasteiger partial charge is 0.478 e. The maximum atomic E-state index is 9.38. The number of aromatic nitrogens is 4. The van der Waals surface area contributed by atoms with Crippen molar-refractivity contribution in [3.63, 3.8) is 0 Å². The first kappa shape index (κ1) is 12.7. The van der Waals surface area contributed by atoms with Gasteiger partial charge in [0.2, 0.25) is 0 Å². The molecule has 8 heteroatoms. The molecule has 0 saturated carbocycles. The van der Waals surface area contributed by atoms with Crippen LogP contribution in [0.2, 0.25) is 0 Å². The molecule has 0 aliphatic carbocycles. The SMILES string of the molecule is COc1nn(C)cc1-n1cc2c(B(O)O)cccc2n1. The van der Waals surface area contributed by atoms with Crippen LogP contribution in [-0.2, 0) is 7.05 Å². The number of fused-ring (bicyclic) bond motifs is 1. The van der Waals surface area contributed by atoms with Crippen molar-refractivity contribution in [3.05, 3.63) is 30.6 Å². The van der Waals surface area contributed by atoms with Crippen LogP contribution in [0.3, 0.4) is 0 Å². The third-order valence-electron chi connectivity index (χ3n) is 3.08. The van der Waals surface area contributed by atoms with Gasteiger partial charge in [0, 0.05) is 18.6 Å². The van der Waals surface area contributed by atoms with Crippen LogP contribution in [0.15, 0.2) is 30.6 Å². The van der Waals surface area contributed by atoms with Crippen molar-refractivity contribution in [1.82, 2.24) is 19.6 Å². The Hall–Kier alpha value is -2.32. The van der Waals surface area contributed by atoms with Crippen LogP contribution in [-0.4, -0.2) is 43.8 Å². The van der Waals surface area contributed by atoms with E-state index in [1.807, 2.05) is 0 Å². The summed E-state index contributed by atoms with van der Waals surface area (Å²) < 4.78 is 8.44. The minimum Gasteiger partial charge on any atom is -0.478 e. The van der Waals surface area contributed by atoms with Gasteiger partial charge in [-0.05, 0) is 11.5 Å². The Labute approximate surface area is 115 Å². The minimum atomic E-state index is -1.54. The first-order valence-corrected chi connectivity index (χ1v) is 6.02. The molecule has 2 aromatic heterocycles. The fourth-order valence-electron chi connectivity index (χ4n) is 2.17. The highest BCUT2D eigenvalue weighted by molar-refractivity contribution is 6.61. The number of aryl methyl sites for hydroxylation is 1. The van der Waals surface area contributed by atoms with E-state index in [-0.39, 0.29) is 0 Å². The Morgan fingerprint density at radius 2 is 2.00 bits per heavy atom. The predicted molar refractivity (Wildman–Crippen MR) is 74.2 cm³/mol. The van der Waals surface area contributed by atoms with E-state index in [1.54, 1.807) is 47.0 Å². The van der Waals surface area contributed by atoms with E-state index in [0.29, 0.717) is 27.9 Å². The summed E-state index contributed by atoms with van der Waals surface area (Å²) in [4.78, 5) is 0. The molecule has 0 atom stereocenters. The first-order valence-electron chi connectivity index (χ1n) is 6.02. The van der Waals surface area contributed by atoms with Gasteiger partial charge in [0.05, 0.1) is 18.8 Å². The summed E-state index contributed by atoms with van der Waals surface area (Å²) in [5.74, 6) is 0.450. The van der Waals surface area contributed by atoms with Crippen molar-refractivity contribution in [3.8, 4) is 11.6 Å². The lowest BCUT2D eigenvalue weighted by atomic mass is 9.78. The van der Waals surface area contributed by atoms with Gasteiger partial charge in [-0.1, -0.05) is 12.1 Å². The lowest BCUT2D eigenvalue weighted by Crippen LogP contribution is -2.30. The molecule has 0 unspecified atom stereocenters. The van der Waals surface area contributed by atoms with E-state index in [9.17, 15) is 10.0 Å². The van der Waals surface area contributed by atoms with E-state index in [2.05, 4.69) is 10.2 Å². The molecule has 102 valence electrons. The number of ether oxygens (including phenoxy) is 1. The fourth-order valence-corrected chi connectivity index (χ4v) is 2.17. The standard InChI is InChI=1S/C12H13BN4O3/c1-16-7-11(12(15-16)20-2)17-6-8-9(13(18)19)4-3-5-10(8)14-17/h3-7,18-19H,1-2H3. The van der Waals surface area contributed by atoms with E-state index >= 15 is 0 Å². The molecule has 0 aliphatic rings. The second-order valence-electron chi connectivity index (χ2n) is 4.42. The monoisotopic (exact) mass is 272 g/mol. The molecule has 2 N–H and O–H groups in total. The number of hydrogen-bond donors (Lipinski definition) is 2. The molecule has 0 spiro atoms. The quantitative estimate of drug-likeness (QED) is 0.625. The third-order valence-corrected chi connectivity index (χ3v) is 3.08. The fraction of sp³-hybridized carbons (Fsp3) is 0.167. The zero-order valence-corrected chi connectivity index (χ0v) is 11.1. The molecule has 0 saturated heterocycles. The summed E-state index contributed by atoms with van der Waals surface area (Å²) in [5, 5.41) is 28.0. The van der Waals surface area contributed by atoms with Gasteiger partial charge in [0.25, 0.3) is 5.88 Å². The number of hydrogen-bond acceptors (Lipinski definition) is 5. The number of nitrogens with zero attached hydrogens (tertiary/aromatic N) is 4. The third kappa shape index (κ3) is 1.95. The molecule has 2 heterocycles. The molecular weight excluding hydrogens is 259 g/mol. The summed E-state index contributed by atoms with van der Waals surface area (Å²) >= 11 is 0. The Balaban J connectivity index is 2.20. The number of benzene rings is 1. The lowest BCUT2D eigenvalue weighted by molar-refractivity contribution is 0.389. The number of methoxy groups -OCH3 is 1. The summed E-state index contributed by atoms with van der Waals surface area (Å²) in [6, 6.07) is 5.19. The molecule has 0 radical (unpaired) electrons. The average Bonchev–Trinajstić information content (AvgIpc) is 3.00. The van der Waals surface area contributed by atoms with Crippen LogP contribution in [0.5, 0.6) is 5.88 Å². The molecule has 1 aromatic carbocycles. The summed E-state index contributed by atoms with van der Waals surface area (Å²) in [5.41, 5.74) is 1.77. The Morgan fingerprint density at radius 3 is 2.70 bits per heavy atom. The molecular formula is C12H13BN4O3. The molecule has 0 amide bonds. The van der Waals surface area contributed by atoms with Crippen LogP contribution in [0.4, 0.5) is 0 Å². The molecule has 0 aliphatic heterocycles. The van der Waals surface area contributed by atoms with Crippen molar-refractivity contribution in [2.24, 2.45) is 7.05 Å².